The molecule has 2 unspecified atom stereocenters. The van der Waals surface area contributed by atoms with Gasteiger partial charge in [-0.2, -0.15) is 15.3 Å². The second kappa shape index (κ2) is 10.9. The van der Waals surface area contributed by atoms with Crippen molar-refractivity contribution < 1.29 is 13.0 Å². The second-order valence-corrected chi connectivity index (χ2v) is 13.7. The summed E-state index contributed by atoms with van der Waals surface area (Å²) in [5, 5.41) is 18.2. The van der Waals surface area contributed by atoms with Gasteiger partial charge in [-0.25, -0.2) is 13.9 Å². The summed E-state index contributed by atoms with van der Waals surface area (Å²) in [6.45, 7) is 6.56. The first kappa shape index (κ1) is 27.9. The lowest BCUT2D eigenvalue weighted by molar-refractivity contribution is 0.293. The van der Waals surface area contributed by atoms with Crippen molar-refractivity contribution in [2.75, 3.05) is 23.7 Å². The van der Waals surface area contributed by atoms with Crippen LogP contribution in [-0.2, 0) is 22.1 Å². The van der Waals surface area contributed by atoms with Crippen LogP contribution in [0.5, 0.6) is 0 Å². The molecule has 10 nitrogen and oxygen atoms in total. The minimum Gasteiger partial charge on any atom is -0.772 e. The van der Waals surface area contributed by atoms with Gasteiger partial charge in [-0.15, -0.1) is 0 Å². The number of aromatic amines is 1. The Labute approximate surface area is 230 Å². The number of halogens is 2. The fourth-order valence-electron chi connectivity index (χ4n) is 4.19. The summed E-state index contributed by atoms with van der Waals surface area (Å²) >= 11 is 10.4. The average Bonchev–Trinajstić information content (AvgIpc) is 3.28. The molecule has 2 aromatic heterocycles. The largest absolute Gasteiger partial charge is 0.772 e. The quantitative estimate of drug-likeness (QED) is 0.398. The molecule has 3 aromatic rings. The van der Waals surface area contributed by atoms with Gasteiger partial charge in [-0.05, 0) is 46.1 Å². The van der Waals surface area contributed by atoms with E-state index in [1.54, 1.807) is 18.2 Å². The number of fused-ring (bicyclic) bond motifs is 1. The van der Waals surface area contributed by atoms with Crippen LogP contribution >= 0.6 is 23.2 Å². The van der Waals surface area contributed by atoms with Crippen LogP contribution < -0.4 is 9.62 Å². The zero-order chi connectivity index (χ0) is 27.0. The molecule has 1 fully saturated rings. The molecule has 0 aliphatic carbocycles. The smallest absolute Gasteiger partial charge is 0.228 e. The molecule has 37 heavy (non-hydrogen) atoms. The van der Waals surface area contributed by atoms with E-state index in [0.717, 1.165) is 0 Å². The molecule has 4 rings (SSSR count). The number of nitrogens with one attached hydrogen (secondary N) is 2. The van der Waals surface area contributed by atoms with Crippen molar-refractivity contribution in [3.8, 4) is 17.3 Å². The molecule has 0 radical (unpaired) electrons. The van der Waals surface area contributed by atoms with Crippen molar-refractivity contribution >= 4 is 62.2 Å². The van der Waals surface area contributed by atoms with Crippen LogP contribution in [0.25, 0.3) is 22.3 Å². The summed E-state index contributed by atoms with van der Waals surface area (Å²) in [7, 11) is -1.37. The Balaban J connectivity index is 1.62. The van der Waals surface area contributed by atoms with Gasteiger partial charge in [0, 0.05) is 29.9 Å². The van der Waals surface area contributed by atoms with Gasteiger partial charge in [0.05, 0.1) is 36.9 Å². The normalized spacial score (nSPS) is 17.5. The van der Waals surface area contributed by atoms with Crippen LogP contribution in [0.3, 0.4) is 0 Å². The lowest BCUT2D eigenvalue weighted by atomic mass is 9.86. The number of nitrogens with zero attached hydrogens (tertiary/aromatic N) is 5. The molecule has 14 heteroatoms. The van der Waals surface area contributed by atoms with Crippen LogP contribution in [0.15, 0.2) is 18.2 Å². The van der Waals surface area contributed by atoms with Crippen molar-refractivity contribution in [1.82, 2.24) is 24.9 Å². The summed E-state index contributed by atoms with van der Waals surface area (Å²) in [4.78, 5) is 11.0. The minimum atomic E-state index is -2.20. The van der Waals surface area contributed by atoms with Gasteiger partial charge >= 0.3 is 0 Å². The van der Waals surface area contributed by atoms with Gasteiger partial charge in [0.2, 0.25) is 5.95 Å². The van der Waals surface area contributed by atoms with Crippen molar-refractivity contribution in [2.24, 2.45) is 0 Å². The molecule has 0 bridgehead atoms. The Morgan fingerprint density at radius 3 is 2.57 bits per heavy atom. The van der Waals surface area contributed by atoms with Crippen LogP contribution in [0.4, 0.5) is 5.95 Å². The predicted octanol–water partition coefficient (Wildman–Crippen LogP) is 3.86. The fourth-order valence-corrected chi connectivity index (χ4v) is 6.15. The lowest BCUT2D eigenvalue weighted by Crippen LogP contribution is -2.57. The van der Waals surface area contributed by atoms with Gasteiger partial charge in [0.25, 0.3) is 0 Å². The first-order valence-corrected chi connectivity index (χ1v) is 14.7. The Morgan fingerprint density at radius 1 is 1.24 bits per heavy atom. The number of piperidine rings is 1. The fraction of sp³-hybridized carbons (Fsp3) is 0.478. The molecule has 0 saturated carbocycles. The maximum atomic E-state index is 12.9. The molecule has 0 amide bonds. The monoisotopic (exact) mass is 582 g/mol. The first-order valence-electron chi connectivity index (χ1n) is 11.6. The van der Waals surface area contributed by atoms with Gasteiger partial charge in [-0.1, -0.05) is 46.4 Å². The van der Waals surface area contributed by atoms with Crippen LogP contribution in [-0.4, -0.2) is 62.3 Å². The van der Waals surface area contributed by atoms with Crippen molar-refractivity contribution in [3.05, 3.63) is 33.9 Å². The molecule has 1 aromatic carbocycles. The maximum absolute atomic E-state index is 12.9. The molecular weight excluding hydrogens is 557 g/mol. The van der Waals surface area contributed by atoms with Crippen LogP contribution in [0, 0.1) is 11.3 Å². The molecule has 1 saturated heterocycles. The summed E-state index contributed by atoms with van der Waals surface area (Å²) in [6, 6.07) is 7.32. The standard InChI is InChI=1S/C23H27Cl2N7O3S2/c1-22(2,3)37(35)31-23(9-12-36(33)34)7-10-32(11-8-23)21-27-16(13-26)17-19(29-30-20(17)28-21)14-5-4-6-15(24)18(14)25/h4-6,31H,7-12H2,1-3H3,(H,33,34)(H,27,28,29,30)/p-1. The van der Waals surface area contributed by atoms with Gasteiger partial charge in [0.1, 0.15) is 6.07 Å². The number of anilines is 1. The summed E-state index contributed by atoms with van der Waals surface area (Å²) < 4.78 is 38.2. The third-order valence-corrected chi connectivity index (χ3v) is 9.43. The van der Waals surface area contributed by atoms with E-state index in [9.17, 15) is 18.2 Å². The predicted molar refractivity (Wildman–Crippen MR) is 145 cm³/mol. The van der Waals surface area contributed by atoms with Crippen LogP contribution in [0.1, 0.15) is 45.7 Å². The van der Waals surface area contributed by atoms with E-state index in [-0.39, 0.29) is 11.4 Å². The molecule has 0 spiro atoms. The van der Waals surface area contributed by atoms with E-state index >= 15 is 0 Å². The van der Waals surface area contributed by atoms with E-state index in [4.69, 9.17) is 23.2 Å². The number of aromatic nitrogens is 4. The second-order valence-electron chi connectivity index (χ2n) is 9.89. The summed E-state index contributed by atoms with van der Waals surface area (Å²) in [6.07, 6.45) is 1.39. The molecular formula is C23H26Cl2N7O3S2-. The highest BCUT2D eigenvalue weighted by Gasteiger charge is 2.38. The van der Waals surface area contributed by atoms with E-state index in [1.807, 2.05) is 25.7 Å². The molecule has 1 aliphatic heterocycles. The van der Waals surface area contributed by atoms with E-state index in [1.165, 1.54) is 0 Å². The van der Waals surface area contributed by atoms with Crippen LogP contribution in [0.2, 0.25) is 10.0 Å². The third-order valence-electron chi connectivity index (χ3n) is 6.34. The molecule has 2 atom stereocenters. The number of hydrogen-bond donors (Lipinski definition) is 2. The average molecular weight is 584 g/mol. The zero-order valence-electron chi connectivity index (χ0n) is 20.5. The topological polar surface area (TPSA) is 151 Å². The maximum Gasteiger partial charge on any atom is 0.228 e. The van der Waals surface area contributed by atoms with Gasteiger partial charge in [0.15, 0.2) is 11.3 Å². The van der Waals surface area contributed by atoms with Crippen molar-refractivity contribution in [1.29, 1.82) is 5.26 Å². The Kier molecular flexibility index (Phi) is 8.23. The summed E-state index contributed by atoms with van der Waals surface area (Å²) in [5.74, 6) is 0.314. The number of H-pyrrole nitrogens is 1. The number of nitriles is 1. The highest BCUT2D eigenvalue weighted by atomic mass is 35.5. The molecule has 3 heterocycles. The van der Waals surface area contributed by atoms with E-state index < -0.39 is 32.4 Å². The molecule has 1 aliphatic rings. The van der Waals surface area contributed by atoms with Crippen molar-refractivity contribution in [2.45, 2.75) is 50.3 Å². The first-order chi connectivity index (χ1) is 17.4. The number of benzene rings is 1. The number of hydrogen-bond acceptors (Lipinski definition) is 8. The van der Waals surface area contributed by atoms with Gasteiger partial charge in [-0.3, -0.25) is 9.31 Å². The Bertz CT molecular complexity index is 1410. The highest BCUT2D eigenvalue weighted by Crippen LogP contribution is 2.37. The minimum absolute atomic E-state index is 0.0303. The third kappa shape index (κ3) is 5.97. The Hall–Kier alpha value is -2.14. The molecule has 198 valence electrons. The van der Waals surface area contributed by atoms with Crippen molar-refractivity contribution in [3.63, 3.8) is 0 Å². The SMILES string of the molecule is CC(C)(C)S(=O)NC1(CCS(=O)[O-])CCN(c2nc(C#N)c3c(-c4cccc(Cl)c4Cl)[nH]nc3n2)CC1. The van der Waals surface area contributed by atoms with E-state index in [2.05, 4.69) is 31.0 Å². The molecule has 2 N–H and O–H groups in total. The lowest BCUT2D eigenvalue weighted by Gasteiger charge is -2.43. The summed E-state index contributed by atoms with van der Waals surface area (Å²) in [5.41, 5.74) is 0.937. The zero-order valence-corrected chi connectivity index (χ0v) is 23.7. The number of rotatable bonds is 7. The Morgan fingerprint density at radius 2 is 1.95 bits per heavy atom. The highest BCUT2D eigenvalue weighted by molar-refractivity contribution is 7.84. The van der Waals surface area contributed by atoms with E-state index in [0.29, 0.717) is 70.6 Å². The van der Waals surface area contributed by atoms with Gasteiger partial charge < -0.3 is 9.45 Å².